The number of rotatable bonds is 6. The zero-order valence-electron chi connectivity index (χ0n) is 14.7. The molecular formula is C18H20N2O5S. The zero-order valence-corrected chi connectivity index (χ0v) is 15.5. The molecule has 1 N–H and O–H groups in total. The van der Waals surface area contributed by atoms with Crippen molar-refractivity contribution in [2.45, 2.75) is 10.9 Å². The van der Waals surface area contributed by atoms with E-state index in [-0.39, 0.29) is 10.5 Å². The molecule has 0 unspecified atom stereocenters. The van der Waals surface area contributed by atoms with Crippen LogP contribution in [0.2, 0.25) is 0 Å². The van der Waals surface area contributed by atoms with Crippen molar-refractivity contribution in [2.75, 3.05) is 21.2 Å². The third-order valence-corrected chi connectivity index (χ3v) is 5.57. The normalized spacial score (nSPS) is 12.5. The van der Waals surface area contributed by atoms with Crippen LogP contribution in [-0.4, -0.2) is 45.8 Å². The first-order chi connectivity index (χ1) is 12.3. The molecule has 2 aromatic rings. The zero-order chi connectivity index (χ0) is 19.3. The Hall–Kier alpha value is -2.71. The van der Waals surface area contributed by atoms with E-state index in [2.05, 4.69) is 5.32 Å². The Labute approximate surface area is 152 Å². The molecule has 2 rings (SSSR count). The van der Waals surface area contributed by atoms with Gasteiger partial charge in [-0.3, -0.25) is 4.79 Å². The lowest BCUT2D eigenvalue weighted by Gasteiger charge is -2.17. The van der Waals surface area contributed by atoms with Gasteiger partial charge in [0.1, 0.15) is 0 Å². The van der Waals surface area contributed by atoms with Gasteiger partial charge in [-0.05, 0) is 29.8 Å². The van der Waals surface area contributed by atoms with Gasteiger partial charge >= 0.3 is 5.97 Å². The van der Waals surface area contributed by atoms with Crippen LogP contribution in [0.25, 0.3) is 0 Å². The highest BCUT2D eigenvalue weighted by Gasteiger charge is 2.24. The Balaban J connectivity index is 2.24. The molecule has 138 valence electrons. The van der Waals surface area contributed by atoms with Gasteiger partial charge < -0.3 is 10.1 Å². The molecule has 0 saturated carbocycles. The highest BCUT2D eigenvalue weighted by molar-refractivity contribution is 7.89. The molecule has 0 saturated heterocycles. The van der Waals surface area contributed by atoms with Gasteiger partial charge in [-0.2, -0.15) is 0 Å². The van der Waals surface area contributed by atoms with Crippen LogP contribution in [0.5, 0.6) is 0 Å². The van der Waals surface area contributed by atoms with Gasteiger partial charge in [-0.15, -0.1) is 0 Å². The molecule has 7 nitrogen and oxygen atoms in total. The topological polar surface area (TPSA) is 92.8 Å². The Bertz CT molecular complexity index is 878. The molecule has 8 heteroatoms. The molecule has 0 spiro atoms. The summed E-state index contributed by atoms with van der Waals surface area (Å²) >= 11 is 0. The Morgan fingerprint density at radius 1 is 1.00 bits per heavy atom. The van der Waals surface area contributed by atoms with Crippen LogP contribution in [0, 0.1) is 0 Å². The van der Waals surface area contributed by atoms with Crippen LogP contribution in [0.4, 0.5) is 0 Å². The van der Waals surface area contributed by atoms with Gasteiger partial charge in [0, 0.05) is 19.7 Å². The second-order valence-electron chi connectivity index (χ2n) is 5.65. The van der Waals surface area contributed by atoms with E-state index in [4.69, 9.17) is 4.74 Å². The number of carbonyl (C=O) groups is 2. The van der Waals surface area contributed by atoms with Gasteiger partial charge in [0.25, 0.3) is 5.91 Å². The molecule has 1 amide bonds. The summed E-state index contributed by atoms with van der Waals surface area (Å²) in [5, 5.41) is 2.61. The van der Waals surface area contributed by atoms with Gasteiger partial charge in [-0.25, -0.2) is 17.5 Å². The SMILES string of the molecule is COC(=O)[C@@H](NC(=O)c1ccc(S(=O)(=O)N(C)C)cc1)c1ccccc1. The molecule has 0 aliphatic heterocycles. The van der Waals surface area contributed by atoms with E-state index in [9.17, 15) is 18.0 Å². The van der Waals surface area contributed by atoms with Crippen LogP contribution in [0.1, 0.15) is 22.0 Å². The first-order valence-electron chi connectivity index (χ1n) is 7.73. The summed E-state index contributed by atoms with van der Waals surface area (Å²) < 4.78 is 30.0. The van der Waals surface area contributed by atoms with Crippen LogP contribution >= 0.6 is 0 Å². The number of sulfonamides is 1. The minimum absolute atomic E-state index is 0.0756. The Morgan fingerprint density at radius 2 is 1.58 bits per heavy atom. The standard InChI is InChI=1S/C18H20N2O5S/c1-20(2)26(23,24)15-11-9-14(10-12-15)17(21)19-16(18(22)25-3)13-7-5-4-6-8-13/h4-12,16H,1-3H3,(H,19,21)/t16-/m0/s1. The number of nitrogens with zero attached hydrogens (tertiary/aromatic N) is 1. The quantitative estimate of drug-likeness (QED) is 0.773. The summed E-state index contributed by atoms with van der Waals surface area (Å²) in [5.74, 6) is -1.12. The van der Waals surface area contributed by atoms with Crippen molar-refractivity contribution >= 4 is 21.9 Å². The third kappa shape index (κ3) is 4.27. The molecule has 1 atom stereocenters. The van der Waals surface area contributed by atoms with Crippen molar-refractivity contribution in [1.29, 1.82) is 0 Å². The van der Waals surface area contributed by atoms with E-state index in [1.165, 1.54) is 45.5 Å². The van der Waals surface area contributed by atoms with E-state index >= 15 is 0 Å². The van der Waals surface area contributed by atoms with Gasteiger partial charge in [-0.1, -0.05) is 30.3 Å². The van der Waals surface area contributed by atoms with Crippen molar-refractivity contribution in [3.8, 4) is 0 Å². The van der Waals surface area contributed by atoms with Gasteiger partial charge in [0.2, 0.25) is 10.0 Å². The molecule has 2 aromatic carbocycles. The Kier molecular flexibility index (Phi) is 6.12. The minimum Gasteiger partial charge on any atom is -0.467 e. The molecule has 26 heavy (non-hydrogen) atoms. The lowest BCUT2D eigenvalue weighted by molar-refractivity contribution is -0.143. The predicted molar refractivity (Wildman–Crippen MR) is 96.0 cm³/mol. The Morgan fingerprint density at radius 3 is 2.08 bits per heavy atom. The molecule has 0 radical (unpaired) electrons. The fourth-order valence-corrected chi connectivity index (χ4v) is 3.15. The van der Waals surface area contributed by atoms with Crippen LogP contribution in [0.3, 0.4) is 0 Å². The summed E-state index contributed by atoms with van der Waals surface area (Å²) in [4.78, 5) is 24.6. The number of hydrogen-bond acceptors (Lipinski definition) is 5. The summed E-state index contributed by atoms with van der Waals surface area (Å²) in [7, 11) is 0.521. The van der Waals surface area contributed by atoms with E-state index in [1.807, 2.05) is 0 Å². The number of nitrogens with one attached hydrogen (secondary N) is 1. The third-order valence-electron chi connectivity index (χ3n) is 3.74. The largest absolute Gasteiger partial charge is 0.467 e. The number of ether oxygens (including phenoxy) is 1. The predicted octanol–water partition coefficient (Wildman–Crippen LogP) is 1.58. The number of hydrogen-bond donors (Lipinski definition) is 1. The molecule has 0 aromatic heterocycles. The number of benzene rings is 2. The van der Waals surface area contributed by atoms with E-state index in [0.717, 1.165) is 4.31 Å². The summed E-state index contributed by atoms with van der Waals surface area (Å²) in [5.41, 5.74) is 0.812. The van der Waals surface area contributed by atoms with E-state index < -0.39 is 27.9 Å². The molecule has 0 aliphatic carbocycles. The average Bonchev–Trinajstić information content (AvgIpc) is 2.66. The number of esters is 1. The highest BCUT2D eigenvalue weighted by Crippen LogP contribution is 2.17. The molecular weight excluding hydrogens is 356 g/mol. The van der Waals surface area contributed by atoms with Crippen molar-refractivity contribution in [2.24, 2.45) is 0 Å². The van der Waals surface area contributed by atoms with Crippen molar-refractivity contribution < 1.29 is 22.7 Å². The van der Waals surface area contributed by atoms with Crippen LogP contribution < -0.4 is 5.32 Å². The maximum atomic E-state index is 12.5. The number of carbonyl (C=O) groups excluding carboxylic acids is 2. The van der Waals surface area contributed by atoms with Gasteiger partial charge in [0.15, 0.2) is 6.04 Å². The average molecular weight is 376 g/mol. The first-order valence-corrected chi connectivity index (χ1v) is 9.17. The first kappa shape index (κ1) is 19.6. The molecule has 0 aliphatic rings. The molecule has 0 heterocycles. The van der Waals surface area contributed by atoms with Crippen molar-refractivity contribution in [3.63, 3.8) is 0 Å². The van der Waals surface area contributed by atoms with Gasteiger partial charge in [0.05, 0.1) is 12.0 Å². The lowest BCUT2D eigenvalue weighted by atomic mass is 10.1. The maximum absolute atomic E-state index is 12.5. The summed E-state index contributed by atoms with van der Waals surface area (Å²) in [6, 6.07) is 13.2. The summed E-state index contributed by atoms with van der Waals surface area (Å²) in [6.45, 7) is 0. The monoisotopic (exact) mass is 376 g/mol. The smallest absolute Gasteiger partial charge is 0.333 e. The van der Waals surface area contributed by atoms with Crippen molar-refractivity contribution in [1.82, 2.24) is 9.62 Å². The lowest BCUT2D eigenvalue weighted by Crippen LogP contribution is -2.34. The fraction of sp³-hybridized carbons (Fsp3) is 0.222. The highest BCUT2D eigenvalue weighted by atomic mass is 32.2. The van der Waals surface area contributed by atoms with Crippen LogP contribution in [-0.2, 0) is 19.6 Å². The number of methoxy groups -OCH3 is 1. The van der Waals surface area contributed by atoms with Crippen molar-refractivity contribution in [3.05, 3.63) is 65.7 Å². The van der Waals surface area contributed by atoms with Crippen LogP contribution in [0.15, 0.2) is 59.5 Å². The van der Waals surface area contributed by atoms with E-state index in [1.54, 1.807) is 30.3 Å². The maximum Gasteiger partial charge on any atom is 0.333 e. The second kappa shape index (κ2) is 8.11. The molecule has 0 bridgehead atoms. The minimum atomic E-state index is -3.58. The number of amides is 1. The van der Waals surface area contributed by atoms with E-state index in [0.29, 0.717) is 5.56 Å². The molecule has 0 fully saturated rings. The fourth-order valence-electron chi connectivity index (χ4n) is 2.25. The second-order valence-corrected chi connectivity index (χ2v) is 7.80. The summed E-state index contributed by atoms with van der Waals surface area (Å²) in [6.07, 6.45) is 0.